The Morgan fingerprint density at radius 1 is 1.39 bits per heavy atom. The van der Waals surface area contributed by atoms with Gasteiger partial charge in [0.1, 0.15) is 0 Å². The molecular weight excluding hydrogens is 296 g/mol. The van der Waals surface area contributed by atoms with Crippen molar-refractivity contribution in [3.8, 4) is 0 Å². The van der Waals surface area contributed by atoms with Crippen LogP contribution in [0.5, 0.6) is 0 Å². The van der Waals surface area contributed by atoms with E-state index in [1.165, 1.54) is 0 Å². The number of piperidine rings is 1. The van der Waals surface area contributed by atoms with Crippen LogP contribution in [0.15, 0.2) is 24.3 Å². The van der Waals surface area contributed by atoms with Crippen molar-refractivity contribution in [3.63, 3.8) is 0 Å². The molecule has 6 heteroatoms. The summed E-state index contributed by atoms with van der Waals surface area (Å²) in [5, 5.41) is 12.0. The van der Waals surface area contributed by atoms with Gasteiger partial charge in [0.25, 0.3) is 0 Å². The summed E-state index contributed by atoms with van der Waals surface area (Å²) in [6.07, 6.45) is 0.554. The fourth-order valence-electron chi connectivity index (χ4n) is 2.90. The zero-order valence-electron chi connectivity index (χ0n) is 13.8. The van der Waals surface area contributed by atoms with E-state index in [1.54, 1.807) is 12.0 Å². The lowest BCUT2D eigenvalue weighted by atomic mass is 9.91. The number of nitrogens with zero attached hydrogens (tertiary/aromatic N) is 1. The molecule has 0 bridgehead atoms. The predicted octanol–water partition coefficient (Wildman–Crippen LogP) is 2.97. The Labute approximate surface area is 136 Å². The molecule has 23 heavy (non-hydrogen) atoms. The van der Waals surface area contributed by atoms with Crippen molar-refractivity contribution in [2.75, 3.05) is 25.5 Å². The van der Waals surface area contributed by atoms with Crippen molar-refractivity contribution in [1.29, 1.82) is 0 Å². The molecule has 0 aliphatic carbocycles. The van der Waals surface area contributed by atoms with Gasteiger partial charge in [-0.25, -0.2) is 4.79 Å². The number of anilines is 1. The predicted molar refractivity (Wildman–Crippen MR) is 87.4 cm³/mol. The third-order valence-corrected chi connectivity index (χ3v) is 4.26. The SMILES string of the molecule is COC(C)c1cccc(NC(=O)N2CC(C)CC(C(=O)O)C2)c1. The highest BCUT2D eigenvalue weighted by atomic mass is 16.5. The fourth-order valence-corrected chi connectivity index (χ4v) is 2.90. The number of likely N-dealkylation sites (tertiary alicyclic amines) is 1. The molecule has 2 N–H and O–H groups in total. The minimum absolute atomic E-state index is 0.0572. The van der Waals surface area contributed by atoms with Crippen molar-refractivity contribution in [2.45, 2.75) is 26.4 Å². The van der Waals surface area contributed by atoms with Gasteiger partial charge >= 0.3 is 12.0 Å². The molecular formula is C17H24N2O4. The number of rotatable bonds is 4. The van der Waals surface area contributed by atoms with Gasteiger partial charge in [-0.05, 0) is 37.0 Å². The molecule has 0 radical (unpaired) electrons. The molecule has 1 heterocycles. The molecule has 1 aliphatic rings. The minimum Gasteiger partial charge on any atom is -0.481 e. The molecule has 2 rings (SSSR count). The van der Waals surface area contributed by atoms with E-state index in [0.29, 0.717) is 18.7 Å². The van der Waals surface area contributed by atoms with E-state index in [9.17, 15) is 14.7 Å². The number of amides is 2. The average molecular weight is 320 g/mol. The second kappa shape index (κ2) is 7.46. The summed E-state index contributed by atoms with van der Waals surface area (Å²) in [5.41, 5.74) is 1.65. The Kier molecular flexibility index (Phi) is 5.60. The molecule has 3 unspecified atom stereocenters. The van der Waals surface area contributed by atoms with Gasteiger partial charge in [0, 0.05) is 25.9 Å². The second-order valence-corrected chi connectivity index (χ2v) is 6.21. The van der Waals surface area contributed by atoms with Gasteiger partial charge in [-0.2, -0.15) is 0 Å². The van der Waals surface area contributed by atoms with E-state index in [0.717, 1.165) is 5.56 Å². The Morgan fingerprint density at radius 2 is 2.13 bits per heavy atom. The van der Waals surface area contributed by atoms with E-state index in [4.69, 9.17) is 4.74 Å². The zero-order chi connectivity index (χ0) is 17.0. The van der Waals surface area contributed by atoms with Crippen LogP contribution in [0, 0.1) is 11.8 Å². The second-order valence-electron chi connectivity index (χ2n) is 6.21. The number of carbonyl (C=O) groups is 2. The number of nitrogens with one attached hydrogen (secondary N) is 1. The Balaban J connectivity index is 2.05. The summed E-state index contributed by atoms with van der Waals surface area (Å²) in [5.74, 6) is -1.16. The number of urea groups is 1. The van der Waals surface area contributed by atoms with E-state index in [1.807, 2.05) is 38.1 Å². The molecule has 126 valence electrons. The van der Waals surface area contributed by atoms with Gasteiger partial charge in [-0.3, -0.25) is 4.79 Å². The molecule has 0 spiro atoms. The third-order valence-electron chi connectivity index (χ3n) is 4.26. The van der Waals surface area contributed by atoms with E-state index >= 15 is 0 Å². The Hall–Kier alpha value is -2.08. The highest BCUT2D eigenvalue weighted by Crippen LogP contribution is 2.24. The quantitative estimate of drug-likeness (QED) is 0.894. The lowest BCUT2D eigenvalue weighted by Gasteiger charge is -2.34. The molecule has 2 amide bonds. The van der Waals surface area contributed by atoms with Crippen LogP contribution in [0.1, 0.15) is 31.9 Å². The maximum absolute atomic E-state index is 12.4. The fraction of sp³-hybridized carbons (Fsp3) is 0.529. The number of carboxylic acid groups (broad SMARTS) is 1. The molecule has 1 aliphatic heterocycles. The number of benzene rings is 1. The van der Waals surface area contributed by atoms with Crippen LogP contribution in [0.4, 0.5) is 10.5 Å². The van der Waals surface area contributed by atoms with Crippen LogP contribution < -0.4 is 5.32 Å². The van der Waals surface area contributed by atoms with Crippen molar-refractivity contribution < 1.29 is 19.4 Å². The first-order chi connectivity index (χ1) is 10.9. The molecule has 6 nitrogen and oxygen atoms in total. The first-order valence-corrected chi connectivity index (χ1v) is 7.82. The van der Waals surface area contributed by atoms with Gasteiger partial charge in [-0.15, -0.1) is 0 Å². The molecule has 1 aromatic carbocycles. The van der Waals surface area contributed by atoms with Crippen molar-refractivity contribution in [1.82, 2.24) is 4.90 Å². The number of ether oxygens (including phenoxy) is 1. The monoisotopic (exact) mass is 320 g/mol. The van der Waals surface area contributed by atoms with Crippen LogP contribution in [0.3, 0.4) is 0 Å². The van der Waals surface area contributed by atoms with E-state index in [2.05, 4.69) is 5.32 Å². The van der Waals surface area contributed by atoms with Gasteiger partial charge in [0.2, 0.25) is 0 Å². The normalized spacial score (nSPS) is 22.5. The van der Waals surface area contributed by atoms with Gasteiger partial charge in [-0.1, -0.05) is 19.1 Å². The largest absolute Gasteiger partial charge is 0.481 e. The van der Waals surface area contributed by atoms with Crippen molar-refractivity contribution >= 4 is 17.7 Å². The number of hydrogen-bond donors (Lipinski definition) is 2. The molecule has 1 fully saturated rings. The number of carboxylic acids is 1. The Bertz CT molecular complexity index is 575. The highest BCUT2D eigenvalue weighted by Gasteiger charge is 2.31. The number of hydrogen-bond acceptors (Lipinski definition) is 3. The molecule has 3 atom stereocenters. The summed E-state index contributed by atoms with van der Waals surface area (Å²) < 4.78 is 5.28. The highest BCUT2D eigenvalue weighted by molar-refractivity contribution is 5.89. The lowest BCUT2D eigenvalue weighted by Crippen LogP contribution is -2.47. The van der Waals surface area contributed by atoms with Gasteiger partial charge in [0.15, 0.2) is 0 Å². The zero-order valence-corrected chi connectivity index (χ0v) is 13.8. The van der Waals surface area contributed by atoms with Gasteiger partial charge in [0.05, 0.1) is 12.0 Å². The lowest BCUT2D eigenvalue weighted by molar-refractivity contribution is -0.143. The maximum Gasteiger partial charge on any atom is 0.321 e. The van der Waals surface area contributed by atoms with Gasteiger partial charge < -0.3 is 20.1 Å². The van der Waals surface area contributed by atoms with Crippen LogP contribution >= 0.6 is 0 Å². The minimum atomic E-state index is -0.842. The first-order valence-electron chi connectivity index (χ1n) is 7.82. The van der Waals surface area contributed by atoms with Crippen LogP contribution in [0.2, 0.25) is 0 Å². The van der Waals surface area contributed by atoms with Crippen molar-refractivity contribution in [2.24, 2.45) is 11.8 Å². The van der Waals surface area contributed by atoms with Crippen molar-refractivity contribution in [3.05, 3.63) is 29.8 Å². The average Bonchev–Trinajstić information content (AvgIpc) is 2.53. The van der Waals surface area contributed by atoms with Crippen LogP contribution in [-0.2, 0) is 9.53 Å². The molecule has 0 saturated carbocycles. The summed E-state index contributed by atoms with van der Waals surface area (Å²) in [7, 11) is 1.64. The molecule has 1 saturated heterocycles. The topological polar surface area (TPSA) is 78.9 Å². The van der Waals surface area contributed by atoms with E-state index < -0.39 is 11.9 Å². The number of carbonyl (C=O) groups excluding carboxylic acids is 1. The number of aliphatic carboxylic acids is 1. The van der Waals surface area contributed by atoms with E-state index in [-0.39, 0.29) is 24.6 Å². The molecule has 1 aromatic rings. The summed E-state index contributed by atoms with van der Waals surface area (Å²) >= 11 is 0. The van der Waals surface area contributed by atoms with Crippen LogP contribution in [0.25, 0.3) is 0 Å². The molecule has 0 aromatic heterocycles. The van der Waals surface area contributed by atoms with Crippen LogP contribution in [-0.4, -0.2) is 42.2 Å². The first kappa shape index (κ1) is 17.3. The smallest absolute Gasteiger partial charge is 0.321 e. The third kappa shape index (κ3) is 4.45. The standard InChI is InChI=1S/C17H24N2O4/c1-11-7-14(16(20)21)10-19(9-11)17(22)18-15-6-4-5-13(8-15)12(2)23-3/h4-6,8,11-12,14H,7,9-10H2,1-3H3,(H,18,22)(H,20,21). The summed E-state index contributed by atoms with van der Waals surface area (Å²) in [6, 6.07) is 7.22. The summed E-state index contributed by atoms with van der Waals surface area (Å²) in [6.45, 7) is 4.73. The number of methoxy groups -OCH3 is 1. The summed E-state index contributed by atoms with van der Waals surface area (Å²) in [4.78, 5) is 25.2. The Morgan fingerprint density at radius 3 is 2.78 bits per heavy atom. The maximum atomic E-state index is 12.4.